The van der Waals surface area contributed by atoms with Crippen molar-refractivity contribution in [2.75, 3.05) is 13.1 Å². The van der Waals surface area contributed by atoms with E-state index in [1.807, 2.05) is 24.3 Å². The standard InChI is InChI=1S/C20H26N4O2.HI/c1-2-21-20(23-12-15-8-9-15)24-13-16-5-3-6-17(11-16)19(25)22-14-18-7-4-10-26-18;/h3-7,10-11,15H,2,8-9,12-14H2,1H3,(H,22,25)(H2,21,23,24);1H. The average molecular weight is 482 g/mol. The number of halogens is 1. The van der Waals surface area contributed by atoms with Crippen LogP contribution in [0, 0.1) is 5.92 Å². The number of guanidine groups is 1. The van der Waals surface area contributed by atoms with Gasteiger partial charge in [0.05, 0.1) is 19.4 Å². The number of carbonyl (C=O) groups is 1. The minimum Gasteiger partial charge on any atom is -0.467 e. The predicted molar refractivity (Wildman–Crippen MR) is 117 cm³/mol. The van der Waals surface area contributed by atoms with Gasteiger partial charge in [0.25, 0.3) is 5.91 Å². The van der Waals surface area contributed by atoms with E-state index < -0.39 is 0 Å². The highest BCUT2D eigenvalue weighted by Crippen LogP contribution is 2.27. The van der Waals surface area contributed by atoms with Crippen molar-refractivity contribution in [3.05, 3.63) is 59.5 Å². The summed E-state index contributed by atoms with van der Waals surface area (Å²) in [6.07, 6.45) is 4.21. The molecule has 0 spiro atoms. The van der Waals surface area contributed by atoms with Crippen LogP contribution in [0.2, 0.25) is 0 Å². The molecule has 1 heterocycles. The Hall–Kier alpha value is -2.03. The lowest BCUT2D eigenvalue weighted by Crippen LogP contribution is -2.38. The molecule has 1 aliphatic carbocycles. The fraction of sp³-hybridized carbons (Fsp3) is 0.400. The van der Waals surface area contributed by atoms with Crippen LogP contribution in [0.3, 0.4) is 0 Å². The van der Waals surface area contributed by atoms with Gasteiger partial charge in [0.15, 0.2) is 5.96 Å². The van der Waals surface area contributed by atoms with E-state index in [9.17, 15) is 4.79 Å². The predicted octanol–water partition coefficient (Wildman–Crippen LogP) is 3.29. The van der Waals surface area contributed by atoms with Crippen LogP contribution in [0.25, 0.3) is 0 Å². The second-order valence-electron chi connectivity index (χ2n) is 6.48. The Bertz CT molecular complexity index is 742. The van der Waals surface area contributed by atoms with E-state index in [0.717, 1.165) is 36.3 Å². The largest absolute Gasteiger partial charge is 0.467 e. The van der Waals surface area contributed by atoms with Gasteiger partial charge < -0.3 is 20.4 Å². The number of benzene rings is 1. The van der Waals surface area contributed by atoms with Gasteiger partial charge in [0.1, 0.15) is 5.76 Å². The van der Waals surface area contributed by atoms with Crippen LogP contribution in [-0.4, -0.2) is 25.0 Å². The molecule has 27 heavy (non-hydrogen) atoms. The summed E-state index contributed by atoms with van der Waals surface area (Å²) in [6.45, 7) is 4.76. The third kappa shape index (κ3) is 7.24. The summed E-state index contributed by atoms with van der Waals surface area (Å²) in [5.41, 5.74) is 1.62. The Labute approximate surface area is 177 Å². The van der Waals surface area contributed by atoms with E-state index in [1.54, 1.807) is 18.4 Å². The van der Waals surface area contributed by atoms with Gasteiger partial charge in [-0.25, -0.2) is 4.99 Å². The molecule has 2 aromatic rings. The van der Waals surface area contributed by atoms with Crippen molar-refractivity contribution in [1.82, 2.24) is 16.0 Å². The fourth-order valence-corrected chi connectivity index (χ4v) is 2.57. The van der Waals surface area contributed by atoms with Gasteiger partial charge in [-0.05, 0) is 55.5 Å². The zero-order valence-corrected chi connectivity index (χ0v) is 17.9. The third-order valence-corrected chi connectivity index (χ3v) is 4.21. The Kier molecular flexibility index (Phi) is 8.63. The molecule has 1 amide bonds. The smallest absolute Gasteiger partial charge is 0.251 e. The number of hydrogen-bond acceptors (Lipinski definition) is 3. The van der Waals surface area contributed by atoms with Crippen LogP contribution in [0.1, 0.15) is 41.4 Å². The first-order valence-electron chi connectivity index (χ1n) is 9.16. The molecule has 0 atom stereocenters. The molecular weight excluding hydrogens is 455 g/mol. The highest BCUT2D eigenvalue weighted by Gasteiger charge is 2.21. The van der Waals surface area contributed by atoms with Crippen molar-refractivity contribution < 1.29 is 9.21 Å². The summed E-state index contributed by atoms with van der Waals surface area (Å²) in [5, 5.41) is 9.49. The maximum Gasteiger partial charge on any atom is 0.251 e. The van der Waals surface area contributed by atoms with Crippen LogP contribution < -0.4 is 16.0 Å². The van der Waals surface area contributed by atoms with Crippen molar-refractivity contribution in [2.24, 2.45) is 10.9 Å². The Balaban J connectivity index is 0.00000261. The van der Waals surface area contributed by atoms with Gasteiger partial charge in [-0.3, -0.25) is 4.79 Å². The number of carbonyl (C=O) groups excluding carboxylic acids is 1. The average Bonchev–Trinajstić information content (AvgIpc) is 3.35. The summed E-state index contributed by atoms with van der Waals surface area (Å²) in [4.78, 5) is 16.9. The molecule has 1 saturated carbocycles. The highest BCUT2D eigenvalue weighted by molar-refractivity contribution is 14.0. The number of amides is 1. The Morgan fingerprint density at radius 2 is 2.04 bits per heavy atom. The number of hydrogen-bond donors (Lipinski definition) is 3. The molecule has 7 heteroatoms. The summed E-state index contributed by atoms with van der Waals surface area (Å²) in [7, 11) is 0. The van der Waals surface area contributed by atoms with Crippen LogP contribution in [0.4, 0.5) is 0 Å². The van der Waals surface area contributed by atoms with Gasteiger partial charge in [0, 0.05) is 18.7 Å². The quantitative estimate of drug-likeness (QED) is 0.307. The Morgan fingerprint density at radius 3 is 2.74 bits per heavy atom. The summed E-state index contributed by atoms with van der Waals surface area (Å²) in [5.74, 6) is 2.23. The van der Waals surface area contributed by atoms with Crippen LogP contribution in [-0.2, 0) is 13.1 Å². The molecule has 0 radical (unpaired) electrons. The number of nitrogens with zero attached hydrogens (tertiary/aromatic N) is 1. The number of rotatable bonds is 8. The first kappa shape index (κ1) is 21.3. The lowest BCUT2D eigenvalue weighted by molar-refractivity contribution is 0.0948. The highest BCUT2D eigenvalue weighted by atomic mass is 127. The Morgan fingerprint density at radius 1 is 1.19 bits per heavy atom. The van der Waals surface area contributed by atoms with E-state index in [2.05, 4.69) is 27.9 Å². The first-order chi connectivity index (χ1) is 12.7. The zero-order valence-electron chi connectivity index (χ0n) is 15.5. The molecule has 3 N–H and O–H groups in total. The topological polar surface area (TPSA) is 78.7 Å². The summed E-state index contributed by atoms with van der Waals surface area (Å²) >= 11 is 0. The van der Waals surface area contributed by atoms with Crippen molar-refractivity contribution in [3.8, 4) is 0 Å². The molecular formula is C20H27IN4O2. The minimum absolute atomic E-state index is 0. The van der Waals surface area contributed by atoms with Crippen molar-refractivity contribution >= 4 is 35.8 Å². The van der Waals surface area contributed by atoms with E-state index in [-0.39, 0.29) is 29.9 Å². The third-order valence-electron chi connectivity index (χ3n) is 4.21. The molecule has 3 rings (SSSR count). The monoisotopic (exact) mass is 482 g/mol. The minimum atomic E-state index is -0.119. The fourth-order valence-electron chi connectivity index (χ4n) is 2.57. The second-order valence-corrected chi connectivity index (χ2v) is 6.48. The molecule has 1 fully saturated rings. The molecule has 1 aliphatic rings. The normalized spacial score (nSPS) is 13.6. The SMILES string of the molecule is CCNC(=NCc1cccc(C(=O)NCc2ccco2)c1)NCC1CC1.I. The second kappa shape index (κ2) is 11.0. The van der Waals surface area contributed by atoms with Crippen LogP contribution in [0.15, 0.2) is 52.1 Å². The molecule has 146 valence electrons. The molecule has 1 aromatic heterocycles. The van der Waals surface area contributed by atoms with E-state index in [0.29, 0.717) is 18.7 Å². The van der Waals surface area contributed by atoms with Gasteiger partial charge in [0.2, 0.25) is 0 Å². The van der Waals surface area contributed by atoms with Gasteiger partial charge in [-0.2, -0.15) is 0 Å². The number of furan rings is 1. The molecule has 0 unspecified atom stereocenters. The van der Waals surface area contributed by atoms with Gasteiger partial charge in [-0.15, -0.1) is 24.0 Å². The van der Waals surface area contributed by atoms with Gasteiger partial charge >= 0.3 is 0 Å². The van der Waals surface area contributed by atoms with Crippen molar-refractivity contribution in [2.45, 2.75) is 32.9 Å². The lowest BCUT2D eigenvalue weighted by atomic mass is 10.1. The maximum atomic E-state index is 12.3. The molecule has 1 aromatic carbocycles. The van der Waals surface area contributed by atoms with Crippen molar-refractivity contribution in [3.63, 3.8) is 0 Å². The first-order valence-corrected chi connectivity index (χ1v) is 9.16. The van der Waals surface area contributed by atoms with Gasteiger partial charge in [-0.1, -0.05) is 12.1 Å². The molecule has 0 bridgehead atoms. The molecule has 0 saturated heterocycles. The van der Waals surface area contributed by atoms with Crippen LogP contribution in [0.5, 0.6) is 0 Å². The van der Waals surface area contributed by atoms with E-state index in [4.69, 9.17) is 4.42 Å². The van der Waals surface area contributed by atoms with E-state index >= 15 is 0 Å². The lowest BCUT2D eigenvalue weighted by Gasteiger charge is -2.11. The number of aliphatic imine (C=N–C) groups is 1. The molecule has 6 nitrogen and oxygen atoms in total. The van der Waals surface area contributed by atoms with E-state index in [1.165, 1.54) is 12.8 Å². The maximum absolute atomic E-state index is 12.3. The van der Waals surface area contributed by atoms with Crippen molar-refractivity contribution in [1.29, 1.82) is 0 Å². The zero-order chi connectivity index (χ0) is 18.2. The number of nitrogens with one attached hydrogen (secondary N) is 3. The molecule has 0 aliphatic heterocycles. The summed E-state index contributed by atoms with van der Waals surface area (Å²) in [6, 6.07) is 11.2. The summed E-state index contributed by atoms with van der Waals surface area (Å²) < 4.78 is 5.23. The van der Waals surface area contributed by atoms with Crippen LogP contribution >= 0.6 is 24.0 Å².